The SMILES string of the molecule is Cc1cccc(CN[C@H]2C[C@H]3C(=O)N[C@@H](Cc4ccc(O)cc4)C(=O)N3C2)c1. The van der Waals surface area contributed by atoms with Gasteiger partial charge in [0.2, 0.25) is 11.8 Å². The number of aromatic hydroxyl groups is 1. The van der Waals surface area contributed by atoms with E-state index in [2.05, 4.69) is 35.8 Å². The molecule has 2 aliphatic heterocycles. The molecular weight excluding hydrogens is 354 g/mol. The van der Waals surface area contributed by atoms with Crippen LogP contribution in [0.5, 0.6) is 5.75 Å². The number of carbonyl (C=O) groups is 2. The number of hydrogen-bond donors (Lipinski definition) is 3. The van der Waals surface area contributed by atoms with Gasteiger partial charge in [-0.1, -0.05) is 42.0 Å². The molecule has 6 heteroatoms. The van der Waals surface area contributed by atoms with E-state index < -0.39 is 12.1 Å². The van der Waals surface area contributed by atoms with E-state index in [1.165, 1.54) is 11.1 Å². The molecule has 0 saturated carbocycles. The largest absolute Gasteiger partial charge is 0.508 e. The molecule has 4 rings (SSSR count). The first kappa shape index (κ1) is 18.5. The topological polar surface area (TPSA) is 81.7 Å². The van der Waals surface area contributed by atoms with E-state index in [9.17, 15) is 14.7 Å². The van der Waals surface area contributed by atoms with Gasteiger partial charge in [0, 0.05) is 25.6 Å². The van der Waals surface area contributed by atoms with Crippen LogP contribution in [0.2, 0.25) is 0 Å². The molecule has 3 atom stereocenters. The predicted octanol–water partition coefficient (Wildman–Crippen LogP) is 1.50. The van der Waals surface area contributed by atoms with E-state index >= 15 is 0 Å². The zero-order valence-electron chi connectivity index (χ0n) is 15.9. The summed E-state index contributed by atoms with van der Waals surface area (Å²) in [5, 5.41) is 15.8. The lowest BCUT2D eigenvalue weighted by atomic mass is 10.0. The van der Waals surface area contributed by atoms with E-state index in [1.807, 2.05) is 6.07 Å². The van der Waals surface area contributed by atoms with Crippen molar-refractivity contribution in [3.8, 4) is 5.75 Å². The van der Waals surface area contributed by atoms with Crippen molar-refractivity contribution in [2.75, 3.05) is 6.54 Å². The minimum atomic E-state index is -0.552. The van der Waals surface area contributed by atoms with Crippen molar-refractivity contribution in [2.45, 2.75) is 44.4 Å². The summed E-state index contributed by atoms with van der Waals surface area (Å²) in [6.07, 6.45) is 1.06. The second kappa shape index (κ2) is 7.64. The van der Waals surface area contributed by atoms with Gasteiger partial charge < -0.3 is 20.6 Å². The normalized spacial score (nSPS) is 24.2. The van der Waals surface area contributed by atoms with Crippen molar-refractivity contribution in [3.05, 3.63) is 65.2 Å². The van der Waals surface area contributed by atoms with Gasteiger partial charge in [-0.2, -0.15) is 0 Å². The molecule has 2 heterocycles. The maximum Gasteiger partial charge on any atom is 0.246 e. The molecule has 0 unspecified atom stereocenters. The summed E-state index contributed by atoms with van der Waals surface area (Å²) in [4.78, 5) is 27.2. The van der Waals surface area contributed by atoms with Gasteiger partial charge in [-0.25, -0.2) is 0 Å². The Bertz CT molecular complexity index is 881. The van der Waals surface area contributed by atoms with E-state index in [-0.39, 0.29) is 23.6 Å². The lowest BCUT2D eigenvalue weighted by Gasteiger charge is -2.34. The number of fused-ring (bicyclic) bond motifs is 1. The Morgan fingerprint density at radius 3 is 2.68 bits per heavy atom. The maximum atomic E-state index is 12.9. The third kappa shape index (κ3) is 3.87. The molecule has 2 aliphatic rings. The molecule has 2 amide bonds. The number of nitrogens with zero attached hydrogens (tertiary/aromatic N) is 1. The number of phenols is 1. The Kier molecular flexibility index (Phi) is 5.05. The molecule has 0 spiro atoms. The smallest absolute Gasteiger partial charge is 0.246 e. The van der Waals surface area contributed by atoms with E-state index in [1.54, 1.807) is 29.2 Å². The molecule has 3 N–H and O–H groups in total. The van der Waals surface area contributed by atoms with Gasteiger partial charge in [0.15, 0.2) is 0 Å². The summed E-state index contributed by atoms with van der Waals surface area (Å²) in [5.74, 6) is 0.0747. The fourth-order valence-electron chi connectivity index (χ4n) is 4.10. The predicted molar refractivity (Wildman–Crippen MR) is 106 cm³/mol. The molecule has 0 bridgehead atoms. The highest BCUT2D eigenvalue weighted by atomic mass is 16.3. The molecule has 28 heavy (non-hydrogen) atoms. The summed E-state index contributed by atoms with van der Waals surface area (Å²) in [7, 11) is 0. The second-order valence-corrected chi connectivity index (χ2v) is 7.74. The van der Waals surface area contributed by atoms with Crippen LogP contribution >= 0.6 is 0 Å². The van der Waals surface area contributed by atoms with Gasteiger partial charge in [0.05, 0.1) is 0 Å². The molecule has 0 radical (unpaired) electrons. The van der Waals surface area contributed by atoms with Gasteiger partial charge in [-0.3, -0.25) is 9.59 Å². The average molecular weight is 379 g/mol. The van der Waals surface area contributed by atoms with E-state index in [0.717, 1.165) is 12.1 Å². The second-order valence-electron chi connectivity index (χ2n) is 7.74. The number of hydrogen-bond acceptors (Lipinski definition) is 4. The summed E-state index contributed by atoms with van der Waals surface area (Å²) >= 11 is 0. The van der Waals surface area contributed by atoms with E-state index in [0.29, 0.717) is 19.4 Å². The van der Waals surface area contributed by atoms with Crippen LogP contribution in [0.25, 0.3) is 0 Å². The number of piperazine rings is 1. The minimum absolute atomic E-state index is 0.0301. The molecule has 2 fully saturated rings. The first-order valence-corrected chi connectivity index (χ1v) is 9.67. The first-order chi connectivity index (χ1) is 13.5. The fraction of sp³-hybridized carbons (Fsp3) is 0.364. The maximum absolute atomic E-state index is 12.9. The number of aryl methyl sites for hydroxylation is 1. The monoisotopic (exact) mass is 379 g/mol. The number of rotatable bonds is 5. The zero-order chi connectivity index (χ0) is 19.7. The Labute approximate surface area is 164 Å². The lowest BCUT2D eigenvalue weighted by molar-refractivity contribution is -0.147. The lowest BCUT2D eigenvalue weighted by Crippen LogP contribution is -2.61. The van der Waals surface area contributed by atoms with Gasteiger partial charge in [-0.15, -0.1) is 0 Å². The number of nitrogens with one attached hydrogen (secondary N) is 2. The summed E-state index contributed by atoms with van der Waals surface area (Å²) < 4.78 is 0. The molecule has 146 valence electrons. The highest BCUT2D eigenvalue weighted by Crippen LogP contribution is 2.24. The van der Waals surface area contributed by atoms with Gasteiger partial charge in [0.1, 0.15) is 17.8 Å². The molecular formula is C22H25N3O3. The van der Waals surface area contributed by atoms with Crippen molar-refractivity contribution in [1.82, 2.24) is 15.5 Å². The van der Waals surface area contributed by atoms with Gasteiger partial charge >= 0.3 is 0 Å². The molecule has 0 aliphatic carbocycles. The molecule has 0 aromatic heterocycles. The Morgan fingerprint density at radius 1 is 1.14 bits per heavy atom. The van der Waals surface area contributed by atoms with Crippen LogP contribution in [0.15, 0.2) is 48.5 Å². The Morgan fingerprint density at radius 2 is 1.93 bits per heavy atom. The molecule has 2 aromatic rings. The zero-order valence-corrected chi connectivity index (χ0v) is 15.9. The minimum Gasteiger partial charge on any atom is -0.508 e. The first-order valence-electron chi connectivity index (χ1n) is 9.67. The van der Waals surface area contributed by atoms with Crippen molar-refractivity contribution in [3.63, 3.8) is 0 Å². The summed E-state index contributed by atoms with van der Waals surface area (Å²) in [6.45, 7) is 3.34. The quantitative estimate of drug-likeness (QED) is 0.735. The van der Waals surface area contributed by atoms with Crippen LogP contribution in [-0.2, 0) is 22.6 Å². The number of benzene rings is 2. The van der Waals surface area contributed by atoms with Crippen LogP contribution < -0.4 is 10.6 Å². The Hall–Kier alpha value is -2.86. The Balaban J connectivity index is 1.39. The van der Waals surface area contributed by atoms with Crippen LogP contribution in [0, 0.1) is 6.92 Å². The number of amides is 2. The summed E-state index contributed by atoms with van der Waals surface area (Å²) in [6, 6.07) is 14.2. The van der Waals surface area contributed by atoms with Crippen molar-refractivity contribution < 1.29 is 14.7 Å². The van der Waals surface area contributed by atoms with Crippen molar-refractivity contribution in [1.29, 1.82) is 0 Å². The van der Waals surface area contributed by atoms with Crippen LogP contribution in [0.4, 0.5) is 0 Å². The van der Waals surface area contributed by atoms with Gasteiger partial charge in [-0.05, 0) is 36.6 Å². The highest BCUT2D eigenvalue weighted by Gasteiger charge is 2.46. The number of carbonyl (C=O) groups excluding carboxylic acids is 2. The van der Waals surface area contributed by atoms with Crippen molar-refractivity contribution >= 4 is 11.8 Å². The molecule has 6 nitrogen and oxygen atoms in total. The van der Waals surface area contributed by atoms with Crippen LogP contribution in [0.1, 0.15) is 23.1 Å². The standard InChI is InChI=1S/C22H25N3O3/c1-14-3-2-4-16(9-14)12-23-17-11-20-21(27)24-19(22(28)25(20)13-17)10-15-5-7-18(26)8-6-15/h2-9,17,19-20,23,26H,10-13H2,1H3,(H,24,27)/t17-,19-,20-/m0/s1. The van der Waals surface area contributed by atoms with Crippen LogP contribution in [0.3, 0.4) is 0 Å². The highest BCUT2D eigenvalue weighted by molar-refractivity contribution is 5.97. The van der Waals surface area contributed by atoms with Crippen molar-refractivity contribution in [2.24, 2.45) is 0 Å². The third-order valence-corrected chi connectivity index (χ3v) is 5.55. The molecule has 2 aromatic carbocycles. The fourth-order valence-corrected chi connectivity index (χ4v) is 4.10. The summed E-state index contributed by atoms with van der Waals surface area (Å²) in [5.41, 5.74) is 3.32. The van der Waals surface area contributed by atoms with Gasteiger partial charge in [0.25, 0.3) is 0 Å². The molecule has 2 saturated heterocycles. The number of phenolic OH excluding ortho intramolecular Hbond substituents is 1. The van der Waals surface area contributed by atoms with Crippen LogP contribution in [-0.4, -0.2) is 46.5 Å². The van der Waals surface area contributed by atoms with E-state index in [4.69, 9.17) is 0 Å². The third-order valence-electron chi connectivity index (χ3n) is 5.55. The average Bonchev–Trinajstić information content (AvgIpc) is 3.11.